The molecule has 0 fully saturated rings. The maximum absolute atomic E-state index is 11.0. The van der Waals surface area contributed by atoms with E-state index in [2.05, 4.69) is 36.4 Å². The van der Waals surface area contributed by atoms with Crippen molar-refractivity contribution >= 4 is 57.8 Å². The predicted octanol–water partition coefficient (Wildman–Crippen LogP) is 10.5. The van der Waals surface area contributed by atoms with E-state index >= 15 is 0 Å². The van der Waals surface area contributed by atoms with Crippen LogP contribution in [0.15, 0.2) is 105 Å². The molecule has 0 atom stereocenters. The number of carbonyl (C=O) groups excluding carboxylic acids is 1. The lowest BCUT2D eigenvalue weighted by molar-refractivity contribution is 0.112. The van der Waals surface area contributed by atoms with Crippen molar-refractivity contribution in [3.05, 3.63) is 148 Å². The number of carbonyl (C=O) groups is 1. The maximum atomic E-state index is 11.0. The summed E-state index contributed by atoms with van der Waals surface area (Å²) in [6.07, 6.45) is 0.779. The van der Waals surface area contributed by atoms with Gasteiger partial charge in [0.1, 0.15) is 6.07 Å². The first-order valence-corrected chi connectivity index (χ1v) is 14.0. The lowest BCUT2D eigenvalue weighted by Gasteiger charge is -2.14. The van der Waals surface area contributed by atoms with Crippen LogP contribution in [0.1, 0.15) is 58.9 Å². The molecule has 0 aliphatic rings. The molecule has 5 nitrogen and oxygen atoms in total. The van der Waals surface area contributed by atoms with Gasteiger partial charge in [0.15, 0.2) is 6.29 Å². The van der Waals surface area contributed by atoms with Crippen molar-refractivity contribution in [1.29, 1.82) is 10.5 Å². The number of halogens is 2. The Bertz CT molecular complexity index is 1730. The average Bonchev–Trinajstić information content (AvgIpc) is 3.02. The van der Waals surface area contributed by atoms with Crippen molar-refractivity contribution in [2.45, 2.75) is 20.8 Å². The van der Waals surface area contributed by atoms with Crippen LogP contribution in [0.3, 0.4) is 0 Å². The van der Waals surface area contributed by atoms with E-state index < -0.39 is 0 Å². The number of nitrogens with zero attached hydrogens (tertiary/aromatic N) is 2. The van der Waals surface area contributed by atoms with Crippen LogP contribution in [-0.2, 0) is 0 Å². The Kier molecular flexibility index (Phi) is 13.5. The first-order valence-electron chi connectivity index (χ1n) is 13.3. The first-order chi connectivity index (χ1) is 20.7. The van der Waals surface area contributed by atoms with E-state index in [1.165, 1.54) is 0 Å². The largest absolute Gasteiger partial charge is 0.355 e. The smallest absolute Gasteiger partial charge is 0.150 e. The first kappa shape index (κ1) is 34.1. The molecule has 0 spiro atoms. The van der Waals surface area contributed by atoms with Crippen LogP contribution in [0.4, 0.5) is 11.4 Å². The van der Waals surface area contributed by atoms with Gasteiger partial charge in [-0.3, -0.25) is 4.79 Å². The molecule has 0 aliphatic heterocycles. The van der Waals surface area contributed by atoms with E-state index in [-0.39, 0.29) is 0 Å². The van der Waals surface area contributed by atoms with Gasteiger partial charge in [0.2, 0.25) is 0 Å². The summed E-state index contributed by atoms with van der Waals surface area (Å²) in [7, 11) is 0. The van der Waals surface area contributed by atoms with Crippen molar-refractivity contribution in [3.63, 3.8) is 0 Å². The highest BCUT2D eigenvalue weighted by molar-refractivity contribution is 6.32. The fraction of sp³-hybridized carbons (Fsp3) is 0.0833. The van der Waals surface area contributed by atoms with Crippen LogP contribution < -0.4 is 10.6 Å². The summed E-state index contributed by atoms with van der Waals surface area (Å²) in [4.78, 5) is 11.0. The molecular formula is C36H32Cl2N4O. The Balaban J connectivity index is 0.000000284. The van der Waals surface area contributed by atoms with Crippen LogP contribution in [0.5, 0.6) is 0 Å². The molecule has 0 unspecified atom stereocenters. The van der Waals surface area contributed by atoms with Gasteiger partial charge in [0.25, 0.3) is 0 Å². The van der Waals surface area contributed by atoms with E-state index in [0.29, 0.717) is 43.7 Å². The minimum absolute atomic E-state index is 0.433. The van der Waals surface area contributed by atoms with Gasteiger partial charge in [-0.05, 0) is 48.9 Å². The predicted molar refractivity (Wildman–Crippen MR) is 182 cm³/mol. The van der Waals surface area contributed by atoms with Crippen molar-refractivity contribution in [2.75, 3.05) is 10.6 Å². The SMILES string of the molecule is C=C(C)c1ccccc1C(=C)Nc1ccc(Cl)c(C#N)c1.C=C(Nc1cc(Cl)cc(C#N)c1)c1ccccc1C=O.CC. The third-order valence-electron chi connectivity index (χ3n) is 5.83. The number of allylic oxidation sites excluding steroid dienone is 1. The van der Waals surface area contributed by atoms with Gasteiger partial charge in [-0.25, -0.2) is 0 Å². The van der Waals surface area contributed by atoms with Gasteiger partial charge >= 0.3 is 0 Å². The zero-order valence-corrected chi connectivity index (χ0v) is 25.9. The summed E-state index contributed by atoms with van der Waals surface area (Å²) in [5, 5.41) is 25.1. The number of nitrogens with one attached hydrogen (secondary N) is 2. The zero-order valence-electron chi connectivity index (χ0n) is 24.3. The molecular weight excluding hydrogens is 575 g/mol. The van der Waals surface area contributed by atoms with Gasteiger partial charge in [-0.15, -0.1) is 0 Å². The van der Waals surface area contributed by atoms with Crippen molar-refractivity contribution in [2.24, 2.45) is 0 Å². The highest BCUT2D eigenvalue weighted by atomic mass is 35.5. The Morgan fingerprint density at radius 3 is 1.93 bits per heavy atom. The Morgan fingerprint density at radius 1 is 0.744 bits per heavy atom. The Morgan fingerprint density at radius 2 is 1.33 bits per heavy atom. The fourth-order valence-electron chi connectivity index (χ4n) is 3.89. The van der Waals surface area contributed by atoms with Crippen LogP contribution in [0, 0.1) is 22.7 Å². The molecule has 43 heavy (non-hydrogen) atoms. The monoisotopic (exact) mass is 606 g/mol. The molecule has 0 saturated carbocycles. The number of anilines is 2. The van der Waals surface area contributed by atoms with Gasteiger partial charge in [0, 0.05) is 44.5 Å². The summed E-state index contributed by atoms with van der Waals surface area (Å²) < 4.78 is 0. The van der Waals surface area contributed by atoms with Crippen LogP contribution in [0.25, 0.3) is 17.0 Å². The van der Waals surface area contributed by atoms with Gasteiger partial charge < -0.3 is 10.6 Å². The van der Waals surface area contributed by atoms with E-state index in [1.54, 1.807) is 48.5 Å². The molecule has 0 aromatic heterocycles. The molecule has 0 saturated heterocycles. The fourth-order valence-corrected chi connectivity index (χ4v) is 4.29. The number of hydrogen-bond acceptors (Lipinski definition) is 5. The molecule has 0 bridgehead atoms. The summed E-state index contributed by atoms with van der Waals surface area (Å²) in [5.41, 5.74) is 7.90. The summed E-state index contributed by atoms with van der Waals surface area (Å²) >= 11 is 11.9. The lowest BCUT2D eigenvalue weighted by Crippen LogP contribution is -2.01. The molecule has 0 heterocycles. The molecule has 7 heteroatoms. The highest BCUT2D eigenvalue weighted by Gasteiger charge is 2.09. The second-order valence-electron chi connectivity index (χ2n) is 8.88. The number of hydrogen-bond donors (Lipinski definition) is 2. The number of aldehydes is 1. The summed E-state index contributed by atoms with van der Waals surface area (Å²) in [6, 6.07) is 29.3. The average molecular weight is 608 g/mol. The van der Waals surface area contributed by atoms with Crippen LogP contribution >= 0.6 is 23.2 Å². The molecule has 0 aliphatic carbocycles. The van der Waals surface area contributed by atoms with Crippen LogP contribution in [-0.4, -0.2) is 6.29 Å². The van der Waals surface area contributed by atoms with E-state index in [1.807, 2.05) is 63.2 Å². The molecule has 4 rings (SSSR count). The number of rotatable bonds is 8. The van der Waals surface area contributed by atoms with Gasteiger partial charge in [0.05, 0.1) is 22.2 Å². The Hall–Kier alpha value is -5.07. The molecule has 216 valence electrons. The maximum Gasteiger partial charge on any atom is 0.150 e. The molecule has 2 N–H and O–H groups in total. The van der Waals surface area contributed by atoms with E-state index in [0.717, 1.165) is 34.4 Å². The molecule has 4 aromatic rings. The van der Waals surface area contributed by atoms with Crippen molar-refractivity contribution in [1.82, 2.24) is 0 Å². The van der Waals surface area contributed by atoms with Crippen molar-refractivity contribution < 1.29 is 4.79 Å². The number of nitriles is 2. The molecule has 4 aromatic carbocycles. The number of benzene rings is 4. The standard InChI is InChI=1S/C18H15ClN2.C16H11ClN2O.C2H6/c1-12(2)16-6-4-5-7-17(16)13(3)21-15-8-9-18(19)14(10-15)11-20;1-11(16-5-3-2-4-13(16)10-20)19-15-7-12(9-18)6-14(17)8-15;1-2/h4-10,21H,1,3H2,2H3;2-8,10,19H,1H2;1-2H3. The molecule has 0 amide bonds. The normalized spacial score (nSPS) is 9.37. The molecule has 0 radical (unpaired) electrons. The van der Waals surface area contributed by atoms with E-state index in [9.17, 15) is 4.79 Å². The lowest BCUT2D eigenvalue weighted by atomic mass is 10.00. The third-order valence-corrected chi connectivity index (χ3v) is 6.38. The zero-order chi connectivity index (χ0) is 31.9. The van der Waals surface area contributed by atoms with Gasteiger partial charge in [-0.1, -0.05) is 111 Å². The third kappa shape index (κ3) is 9.76. The highest BCUT2D eigenvalue weighted by Crippen LogP contribution is 2.27. The van der Waals surface area contributed by atoms with E-state index in [4.69, 9.17) is 33.7 Å². The minimum atomic E-state index is 0.433. The second kappa shape index (κ2) is 17.0. The second-order valence-corrected chi connectivity index (χ2v) is 9.73. The summed E-state index contributed by atoms with van der Waals surface area (Å²) in [6.45, 7) is 17.9. The minimum Gasteiger partial charge on any atom is -0.355 e. The van der Waals surface area contributed by atoms with Crippen LogP contribution in [0.2, 0.25) is 10.0 Å². The van der Waals surface area contributed by atoms with Crippen molar-refractivity contribution in [3.8, 4) is 12.1 Å². The Labute approximate surface area is 264 Å². The summed E-state index contributed by atoms with van der Waals surface area (Å²) in [5.74, 6) is 0. The van der Waals surface area contributed by atoms with Gasteiger partial charge in [-0.2, -0.15) is 10.5 Å². The quantitative estimate of drug-likeness (QED) is 0.195. The topological polar surface area (TPSA) is 88.7 Å².